The van der Waals surface area contributed by atoms with E-state index < -0.39 is 40.7 Å². The van der Waals surface area contributed by atoms with Gasteiger partial charge in [-0.15, -0.1) is 0 Å². The molecule has 238 valence electrons. The summed E-state index contributed by atoms with van der Waals surface area (Å²) in [5.41, 5.74) is -3.05. The predicted octanol–water partition coefficient (Wildman–Crippen LogP) is 2.14. The van der Waals surface area contributed by atoms with Gasteiger partial charge in [-0.2, -0.15) is 0 Å². The van der Waals surface area contributed by atoms with Crippen LogP contribution in [-0.4, -0.2) is 118 Å². The third-order valence-electron chi connectivity index (χ3n) is 13.0. The number of rotatable bonds is 9. The molecule has 10 nitrogen and oxygen atoms in total. The zero-order valence-corrected chi connectivity index (χ0v) is 26.2. The molecular weight excluding hydrogens is 554 g/mol. The predicted molar refractivity (Wildman–Crippen MR) is 155 cm³/mol. The number of hydrogen-bond acceptors (Lipinski definition) is 10. The third kappa shape index (κ3) is 3.52. The molecule has 5 saturated carbocycles. The molecule has 2 N–H and O–H groups in total. The first-order chi connectivity index (χ1) is 20.6. The van der Waals surface area contributed by atoms with Gasteiger partial charge in [0.2, 0.25) is 0 Å². The average molecular weight is 602 g/mol. The molecule has 1 heterocycles. The van der Waals surface area contributed by atoms with E-state index in [0.29, 0.717) is 24.3 Å². The van der Waals surface area contributed by atoms with Crippen LogP contribution in [0.2, 0.25) is 0 Å². The molecule has 10 heteroatoms. The monoisotopic (exact) mass is 601 g/mol. The highest BCUT2D eigenvalue weighted by molar-refractivity contribution is 5.89. The van der Waals surface area contributed by atoms with Crippen molar-refractivity contribution in [1.82, 2.24) is 4.90 Å². The lowest BCUT2D eigenvalue weighted by Gasteiger charge is -2.69. The van der Waals surface area contributed by atoms with Gasteiger partial charge in [0, 0.05) is 76.0 Å². The van der Waals surface area contributed by atoms with Gasteiger partial charge in [-0.05, 0) is 56.0 Å². The average Bonchev–Trinajstić information content (AvgIpc) is 3.40. The summed E-state index contributed by atoms with van der Waals surface area (Å²) in [7, 11) is 8.46. The van der Waals surface area contributed by atoms with Crippen LogP contribution < -0.4 is 4.74 Å². The van der Waals surface area contributed by atoms with Gasteiger partial charge in [-0.3, -0.25) is 4.90 Å². The molecule has 7 bridgehead atoms. The third-order valence-corrected chi connectivity index (χ3v) is 13.0. The number of ether oxygens (including phenoxy) is 6. The van der Waals surface area contributed by atoms with Gasteiger partial charge < -0.3 is 38.6 Å². The molecule has 1 aliphatic heterocycles. The molecule has 6 fully saturated rings. The number of carbonyl (C=O) groups is 1. The van der Waals surface area contributed by atoms with Crippen LogP contribution in [0.4, 0.5) is 0 Å². The van der Waals surface area contributed by atoms with Crippen molar-refractivity contribution in [3.05, 3.63) is 29.8 Å². The van der Waals surface area contributed by atoms with Crippen LogP contribution in [-0.2, 0) is 23.7 Å². The standard InChI is InChI=1S/C33H47NO9/c1-7-34-16-30(17-38-2)13-12-21(40-4)33-20-14-31(36)22(41-5)15-32(37,24(27(33)34)25(42-6)26(30)33)23(20)28(31)43-29(35)18-8-10-19(39-3)11-9-18/h8-11,20-28,36-37H,7,12-17H2,1-6H3/t20-,21+,22+,23-,24?,25+,26-,27-,28-,30+,31+,32-,33+/m0/s1. The summed E-state index contributed by atoms with van der Waals surface area (Å²) in [6.07, 6.45) is 0.328. The Labute approximate surface area is 253 Å². The van der Waals surface area contributed by atoms with E-state index in [1.807, 2.05) is 0 Å². The molecule has 7 rings (SSSR count). The minimum Gasteiger partial charge on any atom is -0.497 e. The number of likely N-dealkylation sites (tertiary alicyclic amines) is 1. The largest absolute Gasteiger partial charge is 0.497 e. The van der Waals surface area contributed by atoms with Crippen LogP contribution in [0.5, 0.6) is 5.75 Å². The molecule has 0 amide bonds. The molecular formula is C33H47NO9. The Morgan fingerprint density at radius 1 is 0.953 bits per heavy atom. The van der Waals surface area contributed by atoms with E-state index in [1.54, 1.807) is 59.8 Å². The second-order valence-electron chi connectivity index (χ2n) is 14.1. The van der Waals surface area contributed by atoms with Crippen molar-refractivity contribution >= 4 is 5.97 Å². The van der Waals surface area contributed by atoms with Crippen LogP contribution in [0, 0.1) is 34.5 Å². The van der Waals surface area contributed by atoms with E-state index in [4.69, 9.17) is 28.4 Å². The molecule has 43 heavy (non-hydrogen) atoms. The summed E-state index contributed by atoms with van der Waals surface area (Å²) in [6, 6.07) is 6.72. The Bertz CT molecular complexity index is 1250. The van der Waals surface area contributed by atoms with E-state index in [1.165, 1.54) is 0 Å². The molecule has 0 radical (unpaired) electrons. The van der Waals surface area contributed by atoms with Gasteiger partial charge in [-0.1, -0.05) is 6.92 Å². The first-order valence-electron chi connectivity index (χ1n) is 15.8. The molecule has 1 spiro atoms. The van der Waals surface area contributed by atoms with Gasteiger partial charge in [0.15, 0.2) is 0 Å². The quantitative estimate of drug-likeness (QED) is 0.408. The van der Waals surface area contributed by atoms with Gasteiger partial charge in [-0.25, -0.2) is 4.79 Å². The molecule has 6 aliphatic rings. The smallest absolute Gasteiger partial charge is 0.338 e. The first kappa shape index (κ1) is 29.9. The normalized spacial score (nSPS) is 49.2. The maximum atomic E-state index is 13.7. The fourth-order valence-electron chi connectivity index (χ4n) is 12.0. The van der Waals surface area contributed by atoms with Crippen molar-refractivity contribution in [3.63, 3.8) is 0 Å². The number of benzene rings is 1. The van der Waals surface area contributed by atoms with Gasteiger partial charge in [0.25, 0.3) is 0 Å². The summed E-state index contributed by atoms with van der Waals surface area (Å²) >= 11 is 0. The number of fused-ring (bicyclic) bond motifs is 2. The second kappa shape index (κ2) is 10.1. The fraction of sp³-hybridized carbons (Fsp3) is 0.788. The maximum absolute atomic E-state index is 13.7. The lowest BCUT2D eigenvalue weighted by Crippen LogP contribution is -2.77. The molecule has 1 aromatic rings. The molecule has 13 atom stereocenters. The highest BCUT2D eigenvalue weighted by Crippen LogP contribution is 2.80. The Hall–Kier alpha value is -1.79. The number of esters is 1. The maximum Gasteiger partial charge on any atom is 0.338 e. The molecule has 5 aliphatic carbocycles. The van der Waals surface area contributed by atoms with E-state index in [-0.39, 0.29) is 47.8 Å². The minimum atomic E-state index is -1.47. The van der Waals surface area contributed by atoms with Gasteiger partial charge in [0.1, 0.15) is 17.5 Å². The van der Waals surface area contributed by atoms with Gasteiger partial charge >= 0.3 is 5.97 Å². The lowest BCUT2D eigenvalue weighted by molar-refractivity contribution is -0.283. The summed E-state index contributed by atoms with van der Waals surface area (Å²) in [5.74, 6) is -0.864. The summed E-state index contributed by atoms with van der Waals surface area (Å²) in [5, 5.41) is 25.8. The Balaban J connectivity index is 1.41. The van der Waals surface area contributed by atoms with Crippen molar-refractivity contribution in [2.75, 3.05) is 55.2 Å². The van der Waals surface area contributed by atoms with E-state index in [0.717, 1.165) is 25.9 Å². The van der Waals surface area contributed by atoms with Crippen molar-refractivity contribution in [1.29, 1.82) is 0 Å². The highest BCUT2D eigenvalue weighted by atomic mass is 16.6. The van der Waals surface area contributed by atoms with Crippen molar-refractivity contribution in [2.24, 2.45) is 34.5 Å². The van der Waals surface area contributed by atoms with Crippen molar-refractivity contribution < 1.29 is 43.4 Å². The van der Waals surface area contributed by atoms with Crippen LogP contribution in [0.25, 0.3) is 0 Å². The van der Waals surface area contributed by atoms with E-state index >= 15 is 0 Å². The Kier molecular flexibility index (Phi) is 7.03. The van der Waals surface area contributed by atoms with E-state index in [9.17, 15) is 15.0 Å². The zero-order valence-electron chi connectivity index (χ0n) is 26.2. The van der Waals surface area contributed by atoms with Crippen LogP contribution in [0.3, 0.4) is 0 Å². The number of carbonyl (C=O) groups excluding carboxylic acids is 1. The van der Waals surface area contributed by atoms with Crippen molar-refractivity contribution in [2.45, 2.75) is 74.3 Å². The van der Waals surface area contributed by atoms with Crippen LogP contribution in [0.15, 0.2) is 24.3 Å². The first-order valence-corrected chi connectivity index (χ1v) is 15.8. The molecule has 1 saturated heterocycles. The second-order valence-corrected chi connectivity index (χ2v) is 14.1. The van der Waals surface area contributed by atoms with Crippen LogP contribution in [0.1, 0.15) is 43.0 Å². The summed E-state index contributed by atoms with van der Waals surface area (Å²) in [6.45, 7) is 4.45. The van der Waals surface area contributed by atoms with Crippen molar-refractivity contribution in [3.8, 4) is 5.75 Å². The number of piperidine rings is 1. The molecule has 1 unspecified atom stereocenters. The minimum absolute atomic E-state index is 0.0233. The van der Waals surface area contributed by atoms with Gasteiger partial charge in [0.05, 0.1) is 43.2 Å². The molecule has 0 aromatic heterocycles. The fourth-order valence-corrected chi connectivity index (χ4v) is 12.0. The van der Waals surface area contributed by atoms with Crippen LogP contribution >= 0.6 is 0 Å². The number of aliphatic hydroxyl groups is 2. The van der Waals surface area contributed by atoms with E-state index in [2.05, 4.69) is 11.8 Å². The summed E-state index contributed by atoms with van der Waals surface area (Å²) in [4.78, 5) is 16.2. The molecule has 1 aromatic carbocycles. The zero-order chi connectivity index (χ0) is 30.5. The topological polar surface area (TPSA) is 116 Å². The highest BCUT2D eigenvalue weighted by Gasteiger charge is 2.88. The Morgan fingerprint density at radius 3 is 2.28 bits per heavy atom. The number of nitrogens with zero attached hydrogens (tertiary/aromatic N) is 1. The lowest BCUT2D eigenvalue weighted by atomic mass is 9.43. The Morgan fingerprint density at radius 2 is 1.67 bits per heavy atom. The SMILES string of the molecule is CCN1C[C@@]2(COC)CC[C@@H](OC)[C@@]34[C@@H]1C([C@@H](OC)[C@@H]23)[C@]1(O)C[C@@H](OC)[C@]2(O)C[C@H]4[C@H]1[C@@H]2OC(=O)c1ccc(OC)cc1. The number of methoxy groups -OCH3 is 5. The summed E-state index contributed by atoms with van der Waals surface area (Å²) < 4.78 is 36.5. The number of hydrogen-bond donors (Lipinski definition) is 2.